The van der Waals surface area contributed by atoms with Crippen molar-refractivity contribution in [3.63, 3.8) is 0 Å². The third-order valence-electron chi connectivity index (χ3n) is 6.45. The molecule has 0 unspecified atom stereocenters. The fourth-order valence-corrected chi connectivity index (χ4v) is 6.11. The van der Waals surface area contributed by atoms with E-state index in [4.69, 9.17) is 0 Å². The Kier molecular flexibility index (Phi) is 3.17. The first kappa shape index (κ1) is 15.0. The quantitative estimate of drug-likeness (QED) is 0.755. The van der Waals surface area contributed by atoms with Gasteiger partial charge in [-0.25, -0.2) is 8.78 Å². The summed E-state index contributed by atoms with van der Waals surface area (Å²) in [7, 11) is 0. The van der Waals surface area contributed by atoms with Crippen LogP contribution in [0.5, 0.6) is 0 Å². The van der Waals surface area contributed by atoms with Gasteiger partial charge in [0.2, 0.25) is 0 Å². The first-order valence-electron chi connectivity index (χ1n) is 8.74. The third-order valence-corrected chi connectivity index (χ3v) is 7.63. The zero-order valence-electron chi connectivity index (χ0n) is 13.4. The number of rotatable bonds is 3. The zero-order valence-corrected chi connectivity index (χ0v) is 14.2. The Balaban J connectivity index is 1.44. The van der Waals surface area contributed by atoms with Gasteiger partial charge in [-0.1, -0.05) is 6.07 Å². The summed E-state index contributed by atoms with van der Waals surface area (Å²) >= 11 is 1.10. The monoisotopic (exact) mass is 347 g/mol. The predicted octanol–water partition coefficient (Wildman–Crippen LogP) is 4.63. The minimum Gasteiger partial charge on any atom is -0.297 e. The number of thiophene rings is 1. The van der Waals surface area contributed by atoms with Crippen molar-refractivity contribution in [1.29, 1.82) is 0 Å². The molecule has 1 spiro atoms. The average Bonchev–Trinajstić information content (AvgIpc) is 3.24. The minimum atomic E-state index is -0.849. The molecule has 0 radical (unpaired) electrons. The Bertz CT molecular complexity index is 833. The lowest BCUT2D eigenvalue weighted by molar-refractivity contribution is -0.0273. The maximum absolute atomic E-state index is 13.9. The van der Waals surface area contributed by atoms with Gasteiger partial charge in [-0.05, 0) is 68.1 Å². The number of Topliss-reactive ketones (excluding diaryl/α,β-unsaturated/α-hetero) is 1. The Hall–Kier alpha value is -1.33. The van der Waals surface area contributed by atoms with Gasteiger partial charge in [-0.15, -0.1) is 11.3 Å². The summed E-state index contributed by atoms with van der Waals surface area (Å²) in [5, 5.41) is 0.623. The zero-order chi connectivity index (χ0) is 16.5. The number of nitrogens with zero attached hydrogens (tertiary/aromatic N) is 1. The molecule has 1 aromatic carbocycles. The second kappa shape index (κ2) is 5.09. The largest absolute Gasteiger partial charge is 0.297 e. The van der Waals surface area contributed by atoms with Gasteiger partial charge < -0.3 is 0 Å². The number of piperidine rings is 3. The first-order chi connectivity index (χ1) is 11.6. The summed E-state index contributed by atoms with van der Waals surface area (Å²) in [6.07, 6.45) is 5.39. The van der Waals surface area contributed by atoms with Gasteiger partial charge in [-0.2, -0.15) is 0 Å². The van der Waals surface area contributed by atoms with Crippen molar-refractivity contribution < 1.29 is 13.6 Å². The molecule has 1 aromatic heterocycles. The van der Waals surface area contributed by atoms with Crippen LogP contribution in [0.25, 0.3) is 10.1 Å². The van der Waals surface area contributed by atoms with Crippen LogP contribution in [0, 0.1) is 23.5 Å². The fraction of sp³-hybridized carbons (Fsp3) is 0.526. The van der Waals surface area contributed by atoms with Crippen molar-refractivity contribution in [2.45, 2.75) is 37.6 Å². The molecule has 1 atom stereocenters. The number of carbonyl (C=O) groups is 1. The lowest BCUT2D eigenvalue weighted by Gasteiger charge is -2.52. The topological polar surface area (TPSA) is 20.3 Å². The van der Waals surface area contributed by atoms with Gasteiger partial charge in [0.05, 0.1) is 9.58 Å². The molecule has 3 aliphatic heterocycles. The molecule has 1 saturated carbocycles. The van der Waals surface area contributed by atoms with Crippen LogP contribution < -0.4 is 0 Å². The van der Waals surface area contributed by atoms with Gasteiger partial charge in [0.1, 0.15) is 0 Å². The smallest absolute Gasteiger partial charge is 0.176 e. The van der Waals surface area contributed by atoms with E-state index >= 15 is 0 Å². The lowest BCUT2D eigenvalue weighted by Crippen LogP contribution is -2.57. The maximum atomic E-state index is 13.9. The van der Waals surface area contributed by atoms with E-state index in [9.17, 15) is 13.6 Å². The van der Waals surface area contributed by atoms with E-state index in [-0.39, 0.29) is 16.0 Å². The second-order valence-electron chi connectivity index (χ2n) is 7.55. The van der Waals surface area contributed by atoms with E-state index in [0.717, 1.165) is 17.4 Å². The lowest BCUT2D eigenvalue weighted by atomic mass is 9.70. The van der Waals surface area contributed by atoms with E-state index in [0.29, 0.717) is 28.5 Å². The molecule has 0 amide bonds. The first-order valence-corrected chi connectivity index (χ1v) is 9.56. The van der Waals surface area contributed by atoms with Gasteiger partial charge >= 0.3 is 0 Å². The molecule has 1 aliphatic carbocycles. The third kappa shape index (κ3) is 2.04. The molecule has 5 heteroatoms. The van der Waals surface area contributed by atoms with Crippen molar-refractivity contribution in [3.05, 3.63) is 34.7 Å². The van der Waals surface area contributed by atoms with Gasteiger partial charge in [0, 0.05) is 12.0 Å². The molecular weight excluding hydrogens is 328 g/mol. The summed E-state index contributed by atoms with van der Waals surface area (Å²) in [5.74, 6) is -0.485. The van der Waals surface area contributed by atoms with Crippen LogP contribution in [0.2, 0.25) is 0 Å². The van der Waals surface area contributed by atoms with E-state index in [1.54, 1.807) is 12.1 Å². The van der Waals surface area contributed by atoms with Crippen LogP contribution in [0.1, 0.15) is 41.8 Å². The molecular formula is C19H19F2NOS. The maximum Gasteiger partial charge on any atom is 0.176 e. The van der Waals surface area contributed by atoms with Gasteiger partial charge in [0.15, 0.2) is 17.4 Å². The fourth-order valence-electron chi connectivity index (χ4n) is 5.07. The average molecular weight is 347 g/mol. The SMILES string of the molecule is O=C(C[C@@H]1C2CCN(CC2)C12CC2)c1cc2ccc(F)c(F)c2s1. The summed E-state index contributed by atoms with van der Waals surface area (Å²) in [6.45, 7) is 2.37. The molecule has 4 heterocycles. The summed E-state index contributed by atoms with van der Waals surface area (Å²) in [4.78, 5) is 16.0. The highest BCUT2D eigenvalue weighted by atomic mass is 32.1. The van der Waals surface area contributed by atoms with Crippen LogP contribution >= 0.6 is 11.3 Å². The van der Waals surface area contributed by atoms with Crippen LogP contribution in [0.3, 0.4) is 0 Å². The number of halogens is 2. The molecule has 126 valence electrons. The Morgan fingerprint density at radius 3 is 2.71 bits per heavy atom. The van der Waals surface area contributed by atoms with E-state index < -0.39 is 11.6 Å². The number of benzene rings is 1. The Labute approximate surface area is 143 Å². The van der Waals surface area contributed by atoms with Gasteiger partial charge in [-0.3, -0.25) is 9.69 Å². The molecule has 4 fully saturated rings. The second-order valence-corrected chi connectivity index (χ2v) is 8.60. The Morgan fingerprint density at radius 1 is 1.25 bits per heavy atom. The van der Waals surface area contributed by atoms with Crippen molar-refractivity contribution in [3.8, 4) is 0 Å². The number of carbonyl (C=O) groups excluding carboxylic acids is 1. The molecule has 2 aromatic rings. The number of hydrogen-bond acceptors (Lipinski definition) is 3. The Morgan fingerprint density at radius 2 is 2.00 bits per heavy atom. The number of ketones is 1. The predicted molar refractivity (Wildman–Crippen MR) is 90.4 cm³/mol. The molecule has 4 aliphatic rings. The molecule has 3 saturated heterocycles. The normalized spacial score (nSPS) is 30.2. The summed E-state index contributed by atoms with van der Waals surface area (Å²) < 4.78 is 27.5. The highest BCUT2D eigenvalue weighted by molar-refractivity contribution is 7.20. The van der Waals surface area contributed by atoms with Gasteiger partial charge in [0.25, 0.3) is 0 Å². The molecule has 0 N–H and O–H groups in total. The van der Waals surface area contributed by atoms with Crippen LogP contribution in [-0.2, 0) is 0 Å². The molecule has 24 heavy (non-hydrogen) atoms. The summed E-state index contributed by atoms with van der Waals surface area (Å²) in [5.41, 5.74) is 0.283. The van der Waals surface area contributed by atoms with Crippen LogP contribution in [-0.4, -0.2) is 29.3 Å². The molecule has 2 nitrogen and oxygen atoms in total. The molecule has 2 bridgehead atoms. The van der Waals surface area contributed by atoms with E-state index in [1.165, 1.54) is 38.8 Å². The van der Waals surface area contributed by atoms with Crippen molar-refractivity contribution >= 4 is 27.2 Å². The number of fused-ring (bicyclic) bond motifs is 3. The van der Waals surface area contributed by atoms with Crippen LogP contribution in [0.15, 0.2) is 18.2 Å². The highest BCUT2D eigenvalue weighted by Gasteiger charge is 2.60. The summed E-state index contributed by atoms with van der Waals surface area (Å²) in [6, 6.07) is 4.41. The van der Waals surface area contributed by atoms with E-state index in [1.807, 2.05) is 0 Å². The van der Waals surface area contributed by atoms with Crippen molar-refractivity contribution in [2.75, 3.05) is 13.1 Å². The van der Waals surface area contributed by atoms with Crippen LogP contribution in [0.4, 0.5) is 8.78 Å². The minimum absolute atomic E-state index is 0.0982. The number of hydrogen-bond donors (Lipinski definition) is 0. The van der Waals surface area contributed by atoms with E-state index in [2.05, 4.69) is 4.90 Å². The molecule has 6 rings (SSSR count). The van der Waals surface area contributed by atoms with Crippen molar-refractivity contribution in [1.82, 2.24) is 4.90 Å². The highest BCUT2D eigenvalue weighted by Crippen LogP contribution is 2.58. The standard InChI is InChI=1S/C19H19F2NOS/c20-14-2-1-12-9-16(24-18(12)17(14)21)15(23)10-13-11-3-7-22(8-4-11)19(13)5-6-19/h1-2,9,11,13H,3-8,10H2/t13-/m1/s1. The van der Waals surface area contributed by atoms with Crippen molar-refractivity contribution in [2.24, 2.45) is 11.8 Å².